The normalized spacial score (nSPS) is 18.7. The molecular weight excluding hydrogens is 392 g/mol. The summed E-state index contributed by atoms with van der Waals surface area (Å²) in [5.41, 5.74) is 1.36. The van der Waals surface area contributed by atoms with Gasteiger partial charge in [0.15, 0.2) is 0 Å². The molecule has 0 aliphatic carbocycles. The highest BCUT2D eigenvalue weighted by atomic mass is 16.5. The SMILES string of the molecule is Cc1cc(N2CCC(O)(CN(C)Cc3ccc(OCc4nccn4C)cc3)C2)ncn1. The molecule has 1 aromatic carbocycles. The third kappa shape index (κ3) is 5.39. The summed E-state index contributed by atoms with van der Waals surface area (Å²) in [4.78, 5) is 17.1. The van der Waals surface area contributed by atoms with Crippen molar-refractivity contribution in [1.82, 2.24) is 24.4 Å². The van der Waals surface area contributed by atoms with Gasteiger partial charge in [0, 0.05) is 57.4 Å². The Morgan fingerprint density at radius 2 is 2.00 bits per heavy atom. The molecule has 1 N–H and O–H groups in total. The number of nitrogens with zero attached hydrogens (tertiary/aromatic N) is 6. The topological polar surface area (TPSA) is 79.5 Å². The number of aliphatic hydroxyl groups is 1. The lowest BCUT2D eigenvalue weighted by molar-refractivity contribution is 0.0279. The first kappa shape index (κ1) is 21.3. The molecule has 8 heteroatoms. The van der Waals surface area contributed by atoms with Crippen LogP contribution in [0, 0.1) is 6.92 Å². The highest BCUT2D eigenvalue weighted by Crippen LogP contribution is 2.27. The standard InChI is InChI=1S/C23H30N6O2/c1-18-12-21(26-17-25-18)29-10-8-23(30,16-29)15-27(2)13-19-4-6-20(7-5-19)31-14-22-24-9-11-28(22)3/h4-7,9,11-12,17,30H,8,10,13-16H2,1-3H3. The molecule has 0 spiro atoms. The molecule has 4 rings (SSSR count). The van der Waals surface area contributed by atoms with E-state index in [2.05, 4.69) is 36.9 Å². The van der Waals surface area contributed by atoms with Crippen LogP contribution in [0.15, 0.2) is 49.1 Å². The fourth-order valence-corrected chi connectivity index (χ4v) is 4.04. The second-order valence-corrected chi connectivity index (χ2v) is 8.47. The fourth-order valence-electron chi connectivity index (χ4n) is 4.04. The Morgan fingerprint density at radius 1 is 1.19 bits per heavy atom. The molecule has 1 unspecified atom stereocenters. The van der Waals surface area contributed by atoms with Gasteiger partial charge in [0.1, 0.15) is 30.3 Å². The smallest absolute Gasteiger partial charge is 0.146 e. The summed E-state index contributed by atoms with van der Waals surface area (Å²) >= 11 is 0. The third-order valence-electron chi connectivity index (χ3n) is 5.67. The minimum atomic E-state index is -0.751. The fraction of sp³-hybridized carbons (Fsp3) is 0.435. The Bertz CT molecular complexity index is 1010. The van der Waals surface area contributed by atoms with Gasteiger partial charge in [-0.25, -0.2) is 15.0 Å². The number of aryl methyl sites for hydroxylation is 2. The Kier molecular flexibility index (Phi) is 6.20. The zero-order chi connectivity index (χ0) is 21.8. The molecule has 31 heavy (non-hydrogen) atoms. The Hall–Kier alpha value is -2.97. The van der Waals surface area contributed by atoms with Gasteiger partial charge in [-0.1, -0.05) is 12.1 Å². The second-order valence-electron chi connectivity index (χ2n) is 8.47. The van der Waals surface area contributed by atoms with Crippen LogP contribution in [0.1, 0.15) is 23.5 Å². The molecule has 3 heterocycles. The molecular formula is C23H30N6O2. The molecule has 3 aromatic rings. The molecule has 1 atom stereocenters. The summed E-state index contributed by atoms with van der Waals surface area (Å²) in [5, 5.41) is 11.1. The van der Waals surface area contributed by atoms with Crippen molar-refractivity contribution in [2.45, 2.75) is 32.1 Å². The van der Waals surface area contributed by atoms with Gasteiger partial charge in [-0.2, -0.15) is 0 Å². The Labute approximate surface area is 183 Å². The van der Waals surface area contributed by atoms with Crippen molar-refractivity contribution in [3.63, 3.8) is 0 Å². The summed E-state index contributed by atoms with van der Waals surface area (Å²) in [6.45, 7) is 5.13. The van der Waals surface area contributed by atoms with Gasteiger partial charge in [-0.05, 0) is 38.1 Å². The van der Waals surface area contributed by atoms with Crippen LogP contribution in [0.5, 0.6) is 5.75 Å². The highest BCUT2D eigenvalue weighted by molar-refractivity contribution is 5.41. The van der Waals surface area contributed by atoms with E-state index in [0.29, 0.717) is 19.7 Å². The highest BCUT2D eigenvalue weighted by Gasteiger charge is 2.37. The number of benzene rings is 1. The molecule has 0 saturated carbocycles. The van der Waals surface area contributed by atoms with Gasteiger partial charge >= 0.3 is 0 Å². The van der Waals surface area contributed by atoms with Crippen LogP contribution in [0.3, 0.4) is 0 Å². The number of β-amino-alcohol motifs (C(OH)–C–C–N with tert-alkyl or cyclic N) is 1. The van der Waals surface area contributed by atoms with E-state index in [9.17, 15) is 5.11 Å². The maximum atomic E-state index is 11.1. The number of rotatable bonds is 8. The van der Waals surface area contributed by atoms with Crippen LogP contribution >= 0.6 is 0 Å². The average Bonchev–Trinajstić information content (AvgIpc) is 3.33. The zero-order valence-electron chi connectivity index (χ0n) is 18.4. The van der Waals surface area contributed by atoms with Gasteiger partial charge in [-0.3, -0.25) is 4.90 Å². The van der Waals surface area contributed by atoms with Crippen LogP contribution in [0.4, 0.5) is 5.82 Å². The second kappa shape index (κ2) is 9.03. The number of anilines is 1. The first-order valence-electron chi connectivity index (χ1n) is 10.5. The van der Waals surface area contributed by atoms with Crippen molar-refractivity contribution in [2.75, 3.05) is 31.6 Å². The van der Waals surface area contributed by atoms with Crippen LogP contribution in [-0.4, -0.2) is 61.8 Å². The Morgan fingerprint density at radius 3 is 2.71 bits per heavy atom. The Balaban J connectivity index is 1.28. The summed E-state index contributed by atoms with van der Waals surface area (Å²) in [6, 6.07) is 10.1. The van der Waals surface area contributed by atoms with Crippen molar-refractivity contribution in [3.8, 4) is 5.75 Å². The number of ether oxygens (including phenoxy) is 1. The molecule has 1 aliphatic rings. The van der Waals surface area contributed by atoms with E-state index in [4.69, 9.17) is 4.74 Å². The predicted molar refractivity (Wildman–Crippen MR) is 119 cm³/mol. The number of aromatic nitrogens is 4. The van der Waals surface area contributed by atoms with Crippen LogP contribution in [0.2, 0.25) is 0 Å². The molecule has 0 amide bonds. The number of likely N-dealkylation sites (N-methyl/N-ethyl adjacent to an activating group) is 1. The zero-order valence-corrected chi connectivity index (χ0v) is 18.4. The maximum Gasteiger partial charge on any atom is 0.146 e. The van der Waals surface area contributed by atoms with Crippen molar-refractivity contribution >= 4 is 5.82 Å². The molecule has 0 radical (unpaired) electrons. The summed E-state index contributed by atoms with van der Waals surface area (Å²) < 4.78 is 7.77. The average molecular weight is 423 g/mol. The lowest BCUT2D eigenvalue weighted by atomic mass is 10.0. The third-order valence-corrected chi connectivity index (χ3v) is 5.67. The minimum absolute atomic E-state index is 0.443. The van der Waals surface area contributed by atoms with Gasteiger partial charge in [-0.15, -0.1) is 0 Å². The summed E-state index contributed by atoms with van der Waals surface area (Å²) in [6.07, 6.45) is 5.98. The van der Waals surface area contributed by atoms with E-state index < -0.39 is 5.60 Å². The van der Waals surface area contributed by atoms with E-state index in [1.54, 1.807) is 12.5 Å². The first-order valence-corrected chi connectivity index (χ1v) is 10.5. The molecule has 0 bridgehead atoms. The van der Waals surface area contributed by atoms with Gasteiger partial charge in [0.2, 0.25) is 0 Å². The van der Waals surface area contributed by atoms with Crippen molar-refractivity contribution in [2.24, 2.45) is 7.05 Å². The summed E-state index contributed by atoms with van der Waals surface area (Å²) in [7, 11) is 4.00. The van der Waals surface area contributed by atoms with E-state index in [1.807, 2.05) is 50.0 Å². The molecule has 8 nitrogen and oxygen atoms in total. The van der Waals surface area contributed by atoms with Crippen LogP contribution < -0.4 is 9.64 Å². The number of hydrogen-bond donors (Lipinski definition) is 1. The van der Waals surface area contributed by atoms with E-state index in [0.717, 1.165) is 42.6 Å². The molecule has 164 valence electrons. The first-order chi connectivity index (χ1) is 14.9. The maximum absolute atomic E-state index is 11.1. The van der Waals surface area contributed by atoms with Crippen molar-refractivity contribution in [3.05, 3.63) is 66.1 Å². The van der Waals surface area contributed by atoms with E-state index in [-0.39, 0.29) is 0 Å². The van der Waals surface area contributed by atoms with Crippen molar-refractivity contribution < 1.29 is 9.84 Å². The van der Waals surface area contributed by atoms with Crippen LogP contribution in [0.25, 0.3) is 0 Å². The lowest BCUT2D eigenvalue weighted by Crippen LogP contribution is -2.43. The van der Waals surface area contributed by atoms with Gasteiger partial charge in [0.05, 0.1) is 5.60 Å². The minimum Gasteiger partial charge on any atom is -0.486 e. The van der Waals surface area contributed by atoms with E-state index >= 15 is 0 Å². The number of hydrogen-bond acceptors (Lipinski definition) is 7. The molecule has 1 aliphatic heterocycles. The monoisotopic (exact) mass is 422 g/mol. The largest absolute Gasteiger partial charge is 0.486 e. The van der Waals surface area contributed by atoms with Crippen molar-refractivity contribution in [1.29, 1.82) is 0 Å². The van der Waals surface area contributed by atoms with Crippen LogP contribution in [-0.2, 0) is 20.2 Å². The van der Waals surface area contributed by atoms with E-state index in [1.165, 1.54) is 5.56 Å². The van der Waals surface area contributed by atoms with Gasteiger partial charge < -0.3 is 19.3 Å². The number of imidazole rings is 1. The predicted octanol–water partition coefficient (Wildman–Crippen LogP) is 2.17. The lowest BCUT2D eigenvalue weighted by Gasteiger charge is -2.29. The quantitative estimate of drug-likeness (QED) is 0.596. The molecule has 2 aromatic heterocycles. The van der Waals surface area contributed by atoms with Gasteiger partial charge in [0.25, 0.3) is 0 Å². The molecule has 1 saturated heterocycles. The summed E-state index contributed by atoms with van der Waals surface area (Å²) in [5.74, 6) is 2.59. The molecule has 1 fully saturated rings.